The molecule has 0 bridgehead atoms. The van der Waals surface area contributed by atoms with E-state index in [-0.39, 0.29) is 0 Å². The van der Waals surface area contributed by atoms with Crippen molar-refractivity contribution in [3.8, 4) is 5.75 Å². The van der Waals surface area contributed by atoms with Gasteiger partial charge in [-0.25, -0.2) is 4.98 Å². The SMILES string of the molecule is Cn1ccnc1COc1ccc(CN[C@@H]2CCN3CCCC[C@@H]23)cc1. The number of piperidine rings is 1. The third-order valence-corrected chi connectivity index (χ3v) is 5.64. The zero-order valence-electron chi connectivity index (χ0n) is 15.0. The van der Waals surface area contributed by atoms with E-state index in [2.05, 4.69) is 39.5 Å². The van der Waals surface area contributed by atoms with Crippen LogP contribution in [0.5, 0.6) is 5.75 Å². The van der Waals surface area contributed by atoms with E-state index in [1.54, 1.807) is 6.20 Å². The summed E-state index contributed by atoms with van der Waals surface area (Å²) in [4.78, 5) is 6.96. The van der Waals surface area contributed by atoms with E-state index < -0.39 is 0 Å². The van der Waals surface area contributed by atoms with Crippen LogP contribution in [0.2, 0.25) is 0 Å². The fourth-order valence-electron chi connectivity index (χ4n) is 4.12. The molecule has 134 valence electrons. The molecule has 0 saturated carbocycles. The van der Waals surface area contributed by atoms with Crippen LogP contribution in [0.1, 0.15) is 37.1 Å². The Balaban J connectivity index is 1.27. The highest BCUT2D eigenvalue weighted by Gasteiger charge is 2.34. The fourth-order valence-corrected chi connectivity index (χ4v) is 4.12. The summed E-state index contributed by atoms with van der Waals surface area (Å²) < 4.78 is 7.81. The monoisotopic (exact) mass is 340 g/mol. The van der Waals surface area contributed by atoms with Gasteiger partial charge in [0.05, 0.1) is 0 Å². The van der Waals surface area contributed by atoms with Gasteiger partial charge in [0.1, 0.15) is 18.2 Å². The van der Waals surface area contributed by atoms with Crippen LogP contribution >= 0.6 is 0 Å². The molecule has 0 amide bonds. The van der Waals surface area contributed by atoms with Crippen LogP contribution in [0.25, 0.3) is 0 Å². The summed E-state index contributed by atoms with van der Waals surface area (Å²) in [6.45, 7) is 4.00. The van der Waals surface area contributed by atoms with E-state index in [1.165, 1.54) is 44.3 Å². The normalized spacial score (nSPS) is 23.6. The zero-order valence-corrected chi connectivity index (χ0v) is 15.0. The maximum absolute atomic E-state index is 5.82. The highest BCUT2D eigenvalue weighted by Crippen LogP contribution is 2.27. The number of aromatic nitrogens is 2. The summed E-state index contributed by atoms with van der Waals surface area (Å²) in [6, 6.07) is 9.85. The summed E-state index contributed by atoms with van der Waals surface area (Å²) in [6.07, 6.45) is 9.14. The van der Waals surface area contributed by atoms with E-state index >= 15 is 0 Å². The lowest BCUT2D eigenvalue weighted by Crippen LogP contribution is -2.44. The third kappa shape index (κ3) is 3.88. The molecule has 2 aliphatic rings. The van der Waals surface area contributed by atoms with Gasteiger partial charge in [-0.2, -0.15) is 0 Å². The molecule has 1 N–H and O–H groups in total. The first-order valence-electron chi connectivity index (χ1n) is 9.45. The minimum absolute atomic E-state index is 0.501. The average molecular weight is 340 g/mol. The average Bonchev–Trinajstić information content (AvgIpc) is 3.25. The summed E-state index contributed by atoms with van der Waals surface area (Å²) in [5.41, 5.74) is 1.32. The molecule has 0 radical (unpaired) electrons. The molecule has 0 spiro atoms. The van der Waals surface area contributed by atoms with Gasteiger partial charge in [-0.15, -0.1) is 0 Å². The Kier molecular flexibility index (Phi) is 5.04. The molecule has 2 aliphatic heterocycles. The molecule has 3 heterocycles. The highest BCUT2D eigenvalue weighted by molar-refractivity contribution is 5.27. The van der Waals surface area contributed by atoms with E-state index in [1.807, 2.05) is 17.8 Å². The second-order valence-electron chi connectivity index (χ2n) is 7.26. The molecular formula is C20H28N4O. The molecule has 1 aromatic carbocycles. The van der Waals surface area contributed by atoms with Crippen molar-refractivity contribution in [2.45, 2.75) is 50.9 Å². The molecule has 4 rings (SSSR count). The largest absolute Gasteiger partial charge is 0.486 e. The van der Waals surface area contributed by atoms with Crippen molar-refractivity contribution in [1.82, 2.24) is 19.8 Å². The predicted molar refractivity (Wildman–Crippen MR) is 98.4 cm³/mol. The van der Waals surface area contributed by atoms with Crippen molar-refractivity contribution in [3.05, 3.63) is 48.0 Å². The quantitative estimate of drug-likeness (QED) is 0.878. The first-order valence-corrected chi connectivity index (χ1v) is 9.45. The Morgan fingerprint density at radius 1 is 1.16 bits per heavy atom. The van der Waals surface area contributed by atoms with Crippen LogP contribution in [-0.4, -0.2) is 39.6 Å². The number of fused-ring (bicyclic) bond motifs is 1. The number of imidazole rings is 1. The van der Waals surface area contributed by atoms with Crippen molar-refractivity contribution in [2.24, 2.45) is 7.05 Å². The molecule has 2 aromatic rings. The van der Waals surface area contributed by atoms with Crippen LogP contribution in [-0.2, 0) is 20.2 Å². The first-order chi connectivity index (χ1) is 12.3. The molecule has 0 aliphatic carbocycles. The van der Waals surface area contributed by atoms with Crippen LogP contribution in [0.3, 0.4) is 0 Å². The Morgan fingerprint density at radius 3 is 2.84 bits per heavy atom. The van der Waals surface area contributed by atoms with E-state index in [9.17, 15) is 0 Å². The molecule has 2 fully saturated rings. The molecular weight excluding hydrogens is 312 g/mol. The van der Waals surface area contributed by atoms with Crippen molar-refractivity contribution >= 4 is 0 Å². The van der Waals surface area contributed by atoms with Crippen LogP contribution in [0, 0.1) is 0 Å². The summed E-state index contributed by atoms with van der Waals surface area (Å²) in [5, 5.41) is 3.78. The summed E-state index contributed by atoms with van der Waals surface area (Å²) in [5.74, 6) is 1.83. The number of nitrogens with zero attached hydrogens (tertiary/aromatic N) is 3. The minimum atomic E-state index is 0.501. The maximum atomic E-state index is 5.82. The van der Waals surface area contributed by atoms with Gasteiger partial charge >= 0.3 is 0 Å². The Labute approximate surface area is 150 Å². The van der Waals surface area contributed by atoms with E-state index in [0.717, 1.165) is 24.2 Å². The Bertz CT molecular complexity index is 681. The van der Waals surface area contributed by atoms with Crippen molar-refractivity contribution < 1.29 is 4.74 Å². The first kappa shape index (κ1) is 16.6. The van der Waals surface area contributed by atoms with Crippen molar-refractivity contribution in [2.75, 3.05) is 13.1 Å². The molecule has 2 atom stereocenters. The lowest BCUT2D eigenvalue weighted by molar-refractivity contribution is 0.180. The molecule has 0 unspecified atom stereocenters. The number of rotatable bonds is 6. The minimum Gasteiger partial charge on any atom is -0.486 e. The van der Waals surface area contributed by atoms with Gasteiger partial charge in [0.15, 0.2) is 0 Å². The van der Waals surface area contributed by atoms with E-state index in [4.69, 9.17) is 4.74 Å². The molecule has 5 nitrogen and oxygen atoms in total. The second-order valence-corrected chi connectivity index (χ2v) is 7.26. The highest BCUT2D eigenvalue weighted by atomic mass is 16.5. The van der Waals surface area contributed by atoms with Crippen LogP contribution < -0.4 is 10.1 Å². The van der Waals surface area contributed by atoms with Gasteiger partial charge in [-0.1, -0.05) is 18.6 Å². The number of benzene rings is 1. The molecule has 1 aromatic heterocycles. The third-order valence-electron chi connectivity index (χ3n) is 5.64. The molecule has 25 heavy (non-hydrogen) atoms. The predicted octanol–water partition coefficient (Wildman–Crippen LogP) is 2.72. The topological polar surface area (TPSA) is 42.3 Å². The fraction of sp³-hybridized carbons (Fsp3) is 0.550. The van der Waals surface area contributed by atoms with E-state index in [0.29, 0.717) is 12.6 Å². The summed E-state index contributed by atoms with van der Waals surface area (Å²) in [7, 11) is 1.98. The second kappa shape index (κ2) is 7.58. The van der Waals surface area contributed by atoms with Gasteiger partial charge in [0, 0.05) is 44.6 Å². The lowest BCUT2D eigenvalue weighted by Gasteiger charge is -2.32. The van der Waals surface area contributed by atoms with Crippen LogP contribution in [0.15, 0.2) is 36.7 Å². The maximum Gasteiger partial charge on any atom is 0.146 e. The van der Waals surface area contributed by atoms with Gasteiger partial charge in [0.2, 0.25) is 0 Å². The lowest BCUT2D eigenvalue weighted by atomic mass is 9.99. The smallest absolute Gasteiger partial charge is 0.146 e. The molecule has 2 saturated heterocycles. The number of ether oxygens (including phenoxy) is 1. The number of nitrogens with one attached hydrogen (secondary N) is 1. The summed E-state index contributed by atoms with van der Waals surface area (Å²) >= 11 is 0. The van der Waals surface area contributed by atoms with Gasteiger partial charge in [0.25, 0.3) is 0 Å². The number of aryl methyl sites for hydroxylation is 1. The standard InChI is InChI=1S/C20H28N4O/c1-23-13-10-21-20(23)15-25-17-7-5-16(6-8-17)14-22-18-9-12-24-11-3-2-4-19(18)24/h5-8,10,13,18-19,22H,2-4,9,11-12,14-15H2,1H3/t18-,19+/m1/s1. The Morgan fingerprint density at radius 2 is 2.04 bits per heavy atom. The Hall–Kier alpha value is -1.85. The van der Waals surface area contributed by atoms with Crippen molar-refractivity contribution in [1.29, 1.82) is 0 Å². The van der Waals surface area contributed by atoms with Crippen LogP contribution in [0.4, 0.5) is 0 Å². The van der Waals surface area contributed by atoms with Gasteiger partial charge in [-0.3, -0.25) is 4.90 Å². The van der Waals surface area contributed by atoms with Crippen molar-refractivity contribution in [3.63, 3.8) is 0 Å². The van der Waals surface area contributed by atoms with Gasteiger partial charge < -0.3 is 14.6 Å². The molecule has 5 heteroatoms. The van der Waals surface area contributed by atoms with Gasteiger partial charge in [-0.05, 0) is 43.5 Å². The zero-order chi connectivity index (χ0) is 17.1. The number of hydrogen-bond donors (Lipinski definition) is 1. The number of hydrogen-bond acceptors (Lipinski definition) is 4.